The van der Waals surface area contributed by atoms with Crippen LogP contribution in [0.5, 0.6) is 5.75 Å². The Kier molecular flexibility index (Phi) is 5.14. The van der Waals surface area contributed by atoms with Crippen molar-refractivity contribution in [1.29, 1.82) is 0 Å². The molecule has 0 fully saturated rings. The number of nitrogens with one attached hydrogen (secondary N) is 1. The van der Waals surface area contributed by atoms with Crippen LogP contribution in [0.4, 0.5) is 5.69 Å². The van der Waals surface area contributed by atoms with E-state index in [9.17, 15) is 9.90 Å². The van der Waals surface area contributed by atoms with Gasteiger partial charge in [-0.2, -0.15) is 0 Å². The van der Waals surface area contributed by atoms with E-state index in [1.807, 2.05) is 0 Å². The third kappa shape index (κ3) is 3.93. The third-order valence-electron chi connectivity index (χ3n) is 2.97. The summed E-state index contributed by atoms with van der Waals surface area (Å²) in [5.41, 5.74) is 1.80. The lowest BCUT2D eigenvalue weighted by molar-refractivity contribution is -0.115. The number of benzene rings is 1. The van der Waals surface area contributed by atoms with Crippen LogP contribution >= 0.6 is 11.6 Å². The normalized spacial score (nSPS) is 10.2. The van der Waals surface area contributed by atoms with E-state index < -0.39 is 0 Å². The van der Waals surface area contributed by atoms with Gasteiger partial charge in [0, 0.05) is 16.8 Å². The zero-order chi connectivity index (χ0) is 15.2. The highest BCUT2D eigenvalue weighted by Crippen LogP contribution is 2.23. The number of hydrogen-bond donors (Lipinski definition) is 2. The van der Waals surface area contributed by atoms with Crippen LogP contribution in [0.2, 0.25) is 5.02 Å². The molecule has 0 saturated heterocycles. The van der Waals surface area contributed by atoms with Gasteiger partial charge in [-0.1, -0.05) is 17.7 Å². The summed E-state index contributed by atoms with van der Waals surface area (Å²) in [6, 6.07) is 6.80. The number of rotatable bonds is 5. The number of anilines is 1. The molecule has 0 aliphatic heterocycles. The highest BCUT2D eigenvalue weighted by molar-refractivity contribution is 6.31. The van der Waals surface area contributed by atoms with Gasteiger partial charge in [0.05, 0.1) is 32.0 Å². The van der Waals surface area contributed by atoms with Gasteiger partial charge >= 0.3 is 0 Å². The van der Waals surface area contributed by atoms with Gasteiger partial charge in [0.1, 0.15) is 5.75 Å². The summed E-state index contributed by atoms with van der Waals surface area (Å²) in [7, 11) is 1.55. The number of halogens is 1. The molecule has 0 radical (unpaired) electrons. The smallest absolute Gasteiger partial charge is 0.228 e. The van der Waals surface area contributed by atoms with Crippen molar-refractivity contribution in [2.75, 3.05) is 12.4 Å². The van der Waals surface area contributed by atoms with Gasteiger partial charge in [0.15, 0.2) is 0 Å². The Morgan fingerprint density at radius 2 is 2.19 bits per heavy atom. The molecule has 2 N–H and O–H groups in total. The van der Waals surface area contributed by atoms with Crippen molar-refractivity contribution < 1.29 is 14.6 Å². The number of nitrogens with zero attached hydrogens (tertiary/aromatic N) is 1. The predicted octanol–water partition coefficient (Wildman–Crippen LogP) is 2.42. The number of carbonyl (C=O) groups excluding carboxylic acids is 1. The minimum Gasteiger partial charge on any atom is -0.497 e. The van der Waals surface area contributed by atoms with E-state index in [1.54, 1.807) is 37.6 Å². The van der Waals surface area contributed by atoms with Gasteiger partial charge in [-0.25, -0.2) is 0 Å². The molecule has 0 aliphatic carbocycles. The summed E-state index contributed by atoms with van der Waals surface area (Å²) in [5, 5.41) is 12.4. The van der Waals surface area contributed by atoms with E-state index in [1.165, 1.54) is 6.20 Å². The molecule has 0 atom stereocenters. The topological polar surface area (TPSA) is 71.5 Å². The average Bonchev–Trinajstić information content (AvgIpc) is 2.49. The fourth-order valence-electron chi connectivity index (χ4n) is 1.84. The number of amides is 1. The van der Waals surface area contributed by atoms with Crippen molar-refractivity contribution in [3.8, 4) is 5.75 Å². The van der Waals surface area contributed by atoms with Crippen LogP contribution in [0, 0.1) is 0 Å². The van der Waals surface area contributed by atoms with E-state index >= 15 is 0 Å². The standard InChI is InChI=1S/C15H15ClN2O3/c1-21-12-3-2-10(13(16)7-12)6-15(20)18-14-8-17-5-4-11(14)9-19/h2-5,7-8,19H,6,9H2,1H3,(H,18,20). The molecule has 110 valence electrons. The molecule has 2 aromatic rings. The summed E-state index contributed by atoms with van der Waals surface area (Å²) in [6.45, 7) is -0.165. The van der Waals surface area contributed by atoms with Crippen molar-refractivity contribution in [3.63, 3.8) is 0 Å². The number of aromatic nitrogens is 1. The van der Waals surface area contributed by atoms with Crippen molar-refractivity contribution in [3.05, 3.63) is 52.8 Å². The minimum atomic E-state index is -0.232. The fraction of sp³-hybridized carbons (Fsp3) is 0.200. The molecule has 1 aromatic carbocycles. The number of aliphatic hydroxyl groups is 1. The first-order valence-corrected chi connectivity index (χ1v) is 6.68. The van der Waals surface area contributed by atoms with Crippen molar-refractivity contribution >= 4 is 23.2 Å². The summed E-state index contributed by atoms with van der Waals surface area (Å²) in [4.78, 5) is 16.0. The molecule has 6 heteroatoms. The van der Waals surface area contributed by atoms with Crippen LogP contribution in [0.3, 0.4) is 0 Å². The quantitative estimate of drug-likeness (QED) is 0.890. The summed E-state index contributed by atoms with van der Waals surface area (Å²) >= 11 is 6.10. The number of ether oxygens (including phenoxy) is 1. The lowest BCUT2D eigenvalue weighted by atomic mass is 10.1. The van der Waals surface area contributed by atoms with Crippen LogP contribution < -0.4 is 10.1 Å². The second kappa shape index (κ2) is 7.06. The van der Waals surface area contributed by atoms with Crippen LogP contribution in [-0.2, 0) is 17.8 Å². The summed E-state index contributed by atoms with van der Waals surface area (Å²) < 4.78 is 5.06. The molecule has 21 heavy (non-hydrogen) atoms. The zero-order valence-corrected chi connectivity index (χ0v) is 12.2. The Labute approximate surface area is 127 Å². The maximum absolute atomic E-state index is 12.0. The highest BCUT2D eigenvalue weighted by Gasteiger charge is 2.10. The highest BCUT2D eigenvalue weighted by atomic mass is 35.5. The molecular formula is C15H15ClN2O3. The number of hydrogen-bond acceptors (Lipinski definition) is 4. The zero-order valence-electron chi connectivity index (χ0n) is 11.5. The molecule has 0 saturated carbocycles. The maximum atomic E-state index is 12.0. The van der Waals surface area contributed by atoms with Gasteiger partial charge in [0.25, 0.3) is 0 Å². The first-order chi connectivity index (χ1) is 10.1. The van der Waals surface area contributed by atoms with Crippen LogP contribution in [0.1, 0.15) is 11.1 Å². The minimum absolute atomic E-state index is 0.128. The van der Waals surface area contributed by atoms with Crippen LogP contribution in [0.15, 0.2) is 36.7 Å². The van der Waals surface area contributed by atoms with Crippen LogP contribution in [-0.4, -0.2) is 23.1 Å². The Hall–Kier alpha value is -2.11. The largest absolute Gasteiger partial charge is 0.497 e. The monoisotopic (exact) mass is 306 g/mol. The second-order valence-corrected chi connectivity index (χ2v) is 4.78. The lowest BCUT2D eigenvalue weighted by Gasteiger charge is -2.10. The molecule has 0 bridgehead atoms. The maximum Gasteiger partial charge on any atom is 0.228 e. The average molecular weight is 307 g/mol. The first kappa shape index (κ1) is 15.3. The van der Waals surface area contributed by atoms with Crippen LogP contribution in [0.25, 0.3) is 0 Å². The predicted molar refractivity (Wildman–Crippen MR) is 80.5 cm³/mol. The number of methoxy groups -OCH3 is 1. The fourth-order valence-corrected chi connectivity index (χ4v) is 2.08. The number of pyridine rings is 1. The molecule has 5 nitrogen and oxygen atoms in total. The van der Waals surface area contributed by atoms with E-state index in [2.05, 4.69) is 10.3 Å². The van der Waals surface area contributed by atoms with Gasteiger partial charge in [0.2, 0.25) is 5.91 Å². The lowest BCUT2D eigenvalue weighted by Crippen LogP contribution is -2.16. The first-order valence-electron chi connectivity index (χ1n) is 6.30. The van der Waals surface area contributed by atoms with E-state index in [0.29, 0.717) is 27.6 Å². The SMILES string of the molecule is COc1ccc(CC(=O)Nc2cnccc2CO)c(Cl)c1. The van der Waals surface area contributed by atoms with Gasteiger partial charge in [-0.3, -0.25) is 9.78 Å². The van der Waals surface area contributed by atoms with E-state index in [4.69, 9.17) is 16.3 Å². The van der Waals surface area contributed by atoms with Gasteiger partial charge in [-0.15, -0.1) is 0 Å². The van der Waals surface area contributed by atoms with E-state index in [-0.39, 0.29) is 18.9 Å². The van der Waals surface area contributed by atoms with Crippen molar-refractivity contribution in [2.24, 2.45) is 0 Å². The molecule has 0 aliphatic rings. The Morgan fingerprint density at radius 3 is 2.86 bits per heavy atom. The molecule has 1 aromatic heterocycles. The molecule has 1 amide bonds. The molecule has 0 spiro atoms. The molecular weight excluding hydrogens is 292 g/mol. The summed E-state index contributed by atoms with van der Waals surface area (Å²) in [5.74, 6) is 0.406. The summed E-state index contributed by atoms with van der Waals surface area (Å²) in [6.07, 6.45) is 3.18. The molecule has 0 unspecified atom stereocenters. The third-order valence-corrected chi connectivity index (χ3v) is 3.32. The Morgan fingerprint density at radius 1 is 1.38 bits per heavy atom. The number of carbonyl (C=O) groups is 1. The van der Waals surface area contributed by atoms with Gasteiger partial charge in [-0.05, 0) is 23.8 Å². The number of aliphatic hydroxyl groups excluding tert-OH is 1. The Balaban J connectivity index is 2.08. The second-order valence-electron chi connectivity index (χ2n) is 4.37. The van der Waals surface area contributed by atoms with Gasteiger partial charge < -0.3 is 15.2 Å². The van der Waals surface area contributed by atoms with E-state index in [0.717, 1.165) is 0 Å². The Bertz CT molecular complexity index is 647. The molecule has 1 heterocycles. The van der Waals surface area contributed by atoms with Crippen molar-refractivity contribution in [1.82, 2.24) is 4.98 Å². The van der Waals surface area contributed by atoms with Crippen molar-refractivity contribution in [2.45, 2.75) is 13.0 Å². The molecule has 2 rings (SSSR count).